The number of hydrogen-bond acceptors (Lipinski definition) is 7. The van der Waals surface area contributed by atoms with Gasteiger partial charge in [0.2, 0.25) is 5.95 Å². The van der Waals surface area contributed by atoms with E-state index >= 15 is 0 Å². The topological polar surface area (TPSA) is 103 Å². The van der Waals surface area contributed by atoms with Crippen LogP contribution in [0.1, 0.15) is 63.5 Å². The predicted molar refractivity (Wildman–Crippen MR) is 140 cm³/mol. The number of halogens is 1. The first kappa shape index (κ1) is 23.7. The highest BCUT2D eigenvalue weighted by Crippen LogP contribution is 2.36. The van der Waals surface area contributed by atoms with Crippen LogP contribution in [0.25, 0.3) is 16.9 Å². The highest BCUT2D eigenvalue weighted by molar-refractivity contribution is 5.77. The van der Waals surface area contributed by atoms with Crippen molar-refractivity contribution in [2.75, 3.05) is 18.5 Å². The Hall–Kier alpha value is -3.66. The molecule has 0 spiro atoms. The second kappa shape index (κ2) is 8.44. The third-order valence-corrected chi connectivity index (χ3v) is 7.29. The summed E-state index contributed by atoms with van der Waals surface area (Å²) in [5, 5.41) is 7.21. The summed E-state index contributed by atoms with van der Waals surface area (Å²) in [6.07, 6.45) is 4.98. The molecule has 2 N–H and O–H groups in total. The summed E-state index contributed by atoms with van der Waals surface area (Å²) < 4.78 is 17.1. The number of rotatable bonds is 6. The predicted octanol–water partition coefficient (Wildman–Crippen LogP) is 4.08. The van der Waals surface area contributed by atoms with E-state index in [2.05, 4.69) is 51.6 Å². The molecule has 0 saturated heterocycles. The molecule has 1 aliphatic carbocycles. The van der Waals surface area contributed by atoms with Crippen molar-refractivity contribution >= 4 is 22.7 Å². The van der Waals surface area contributed by atoms with Gasteiger partial charge in [-0.2, -0.15) is 4.98 Å². The first-order valence-corrected chi connectivity index (χ1v) is 12.7. The number of anilines is 2. The molecule has 2 aliphatic rings. The lowest BCUT2D eigenvalue weighted by atomic mass is 9.79. The number of nitrogens with one attached hydrogen (secondary N) is 2. The Morgan fingerprint density at radius 3 is 2.76 bits per heavy atom. The number of hydrogen-bond donors (Lipinski definition) is 2. The van der Waals surface area contributed by atoms with Crippen molar-refractivity contribution in [1.82, 2.24) is 34.6 Å². The Morgan fingerprint density at radius 1 is 1.19 bits per heavy atom. The standard InChI is InChI=1S/C27H31FN8O/c1-26(2,14-28)24-30-10-9-21(33-24)36-22-19(23(37)35(36)18-6-7-18)13-31-25(34-22)32-17-5-8-20-16(11-17)12-29-15-27(20,3)4/h5,8-11,13,18,29H,6-7,12,14-15H2,1-4H3,(H,31,32,34). The lowest BCUT2D eigenvalue weighted by Crippen LogP contribution is -2.38. The first-order chi connectivity index (χ1) is 17.7. The van der Waals surface area contributed by atoms with E-state index in [0.717, 1.165) is 31.6 Å². The van der Waals surface area contributed by atoms with Gasteiger partial charge < -0.3 is 10.6 Å². The summed E-state index contributed by atoms with van der Waals surface area (Å²) in [7, 11) is 0. The fraction of sp³-hybridized carbons (Fsp3) is 0.444. The van der Waals surface area contributed by atoms with Crippen molar-refractivity contribution in [2.45, 2.75) is 64.0 Å². The number of benzene rings is 1. The van der Waals surface area contributed by atoms with Gasteiger partial charge in [-0.15, -0.1) is 0 Å². The van der Waals surface area contributed by atoms with Gasteiger partial charge in [0.25, 0.3) is 5.56 Å². The Labute approximate surface area is 214 Å². The van der Waals surface area contributed by atoms with E-state index in [1.54, 1.807) is 41.7 Å². The third kappa shape index (κ3) is 4.09. The molecule has 0 atom stereocenters. The van der Waals surface area contributed by atoms with E-state index in [1.807, 2.05) is 6.07 Å². The fourth-order valence-corrected chi connectivity index (χ4v) is 4.99. The molecule has 192 valence electrons. The number of fused-ring (bicyclic) bond motifs is 2. The van der Waals surface area contributed by atoms with Crippen molar-refractivity contribution in [3.63, 3.8) is 0 Å². The summed E-state index contributed by atoms with van der Waals surface area (Å²) >= 11 is 0. The summed E-state index contributed by atoms with van der Waals surface area (Å²) in [6, 6.07) is 8.11. The van der Waals surface area contributed by atoms with Crippen LogP contribution < -0.4 is 16.2 Å². The Bertz CT molecular complexity index is 1570. The summed E-state index contributed by atoms with van der Waals surface area (Å²) in [5.74, 6) is 1.25. The van der Waals surface area contributed by atoms with E-state index in [-0.39, 0.29) is 17.0 Å². The number of nitrogens with zero attached hydrogens (tertiary/aromatic N) is 6. The molecular formula is C27H31FN8O. The maximum Gasteiger partial charge on any atom is 0.278 e. The maximum absolute atomic E-state index is 13.7. The highest BCUT2D eigenvalue weighted by atomic mass is 19.1. The van der Waals surface area contributed by atoms with Gasteiger partial charge in [-0.1, -0.05) is 33.8 Å². The molecule has 1 aromatic carbocycles. The normalized spacial score (nSPS) is 17.1. The second-order valence-corrected chi connectivity index (χ2v) is 11.4. The Morgan fingerprint density at radius 2 is 2.00 bits per heavy atom. The molecular weight excluding hydrogens is 471 g/mol. The van der Waals surface area contributed by atoms with Crippen LogP contribution in [0.4, 0.5) is 16.0 Å². The van der Waals surface area contributed by atoms with Gasteiger partial charge in [0.05, 0.1) is 11.5 Å². The van der Waals surface area contributed by atoms with E-state index in [0.29, 0.717) is 28.6 Å². The van der Waals surface area contributed by atoms with Gasteiger partial charge in [-0.3, -0.25) is 9.18 Å². The Balaban J connectivity index is 1.44. The van der Waals surface area contributed by atoms with Gasteiger partial charge in [0.15, 0.2) is 11.5 Å². The molecule has 37 heavy (non-hydrogen) atoms. The van der Waals surface area contributed by atoms with Crippen molar-refractivity contribution in [1.29, 1.82) is 0 Å². The summed E-state index contributed by atoms with van der Waals surface area (Å²) in [6.45, 7) is 9.14. The van der Waals surface area contributed by atoms with Gasteiger partial charge in [0.1, 0.15) is 17.9 Å². The number of aromatic nitrogens is 6. The van der Waals surface area contributed by atoms with Gasteiger partial charge in [0, 0.05) is 42.7 Å². The molecule has 4 aromatic rings. The minimum Gasteiger partial charge on any atom is -0.324 e. The van der Waals surface area contributed by atoms with E-state index in [4.69, 9.17) is 4.98 Å². The van der Waals surface area contributed by atoms with Crippen LogP contribution in [0.15, 0.2) is 41.5 Å². The lowest BCUT2D eigenvalue weighted by Gasteiger charge is -2.33. The molecule has 1 fully saturated rings. The highest BCUT2D eigenvalue weighted by Gasteiger charge is 2.32. The largest absolute Gasteiger partial charge is 0.324 e. The average molecular weight is 503 g/mol. The second-order valence-electron chi connectivity index (χ2n) is 11.4. The molecule has 1 aliphatic heterocycles. The molecule has 0 unspecified atom stereocenters. The minimum absolute atomic E-state index is 0.0659. The van der Waals surface area contributed by atoms with Crippen molar-refractivity contribution in [3.05, 3.63) is 64.0 Å². The van der Waals surface area contributed by atoms with Crippen LogP contribution in [-0.4, -0.2) is 42.5 Å². The zero-order chi connectivity index (χ0) is 25.9. The van der Waals surface area contributed by atoms with Crippen LogP contribution in [0.3, 0.4) is 0 Å². The average Bonchev–Trinajstić information content (AvgIpc) is 3.67. The molecule has 10 heteroatoms. The quantitative estimate of drug-likeness (QED) is 0.410. The molecule has 0 amide bonds. The van der Waals surface area contributed by atoms with Crippen molar-refractivity contribution in [2.24, 2.45) is 0 Å². The third-order valence-electron chi connectivity index (χ3n) is 7.29. The molecule has 6 rings (SSSR count). The fourth-order valence-electron chi connectivity index (χ4n) is 4.99. The SMILES string of the molecule is CC(C)(CF)c1nccc(-n2c3nc(Nc4ccc5c(c4)CNCC5(C)C)ncc3c(=O)n2C2CC2)n1. The Kier molecular flexibility index (Phi) is 5.41. The van der Waals surface area contributed by atoms with Crippen LogP contribution in [-0.2, 0) is 17.4 Å². The minimum atomic E-state index is -0.846. The van der Waals surface area contributed by atoms with Crippen LogP contribution in [0.5, 0.6) is 0 Å². The molecule has 3 aromatic heterocycles. The van der Waals surface area contributed by atoms with Crippen LogP contribution in [0, 0.1) is 0 Å². The van der Waals surface area contributed by atoms with Gasteiger partial charge in [-0.05, 0) is 36.1 Å². The number of alkyl halides is 1. The van der Waals surface area contributed by atoms with Crippen molar-refractivity contribution in [3.8, 4) is 5.82 Å². The van der Waals surface area contributed by atoms with Crippen LogP contribution in [0.2, 0.25) is 0 Å². The molecule has 0 bridgehead atoms. The first-order valence-electron chi connectivity index (χ1n) is 12.7. The summed E-state index contributed by atoms with van der Waals surface area (Å²) in [4.78, 5) is 31.5. The molecule has 4 heterocycles. The lowest BCUT2D eigenvalue weighted by molar-refractivity contribution is 0.336. The van der Waals surface area contributed by atoms with Gasteiger partial charge in [-0.25, -0.2) is 24.3 Å². The van der Waals surface area contributed by atoms with E-state index < -0.39 is 12.1 Å². The van der Waals surface area contributed by atoms with Crippen LogP contribution >= 0.6 is 0 Å². The zero-order valence-corrected chi connectivity index (χ0v) is 21.5. The maximum atomic E-state index is 13.7. The smallest absolute Gasteiger partial charge is 0.278 e. The molecule has 0 radical (unpaired) electrons. The monoisotopic (exact) mass is 502 g/mol. The van der Waals surface area contributed by atoms with E-state index in [1.165, 1.54) is 11.1 Å². The summed E-state index contributed by atoms with van der Waals surface area (Å²) in [5.41, 5.74) is 2.97. The van der Waals surface area contributed by atoms with E-state index in [9.17, 15) is 9.18 Å². The zero-order valence-electron chi connectivity index (χ0n) is 21.5. The molecule has 9 nitrogen and oxygen atoms in total. The van der Waals surface area contributed by atoms with Crippen molar-refractivity contribution < 1.29 is 4.39 Å². The van der Waals surface area contributed by atoms with Gasteiger partial charge >= 0.3 is 0 Å². The molecule has 1 saturated carbocycles.